The van der Waals surface area contributed by atoms with Crippen molar-refractivity contribution in [1.82, 2.24) is 10.3 Å². The first-order chi connectivity index (χ1) is 8.61. The van der Waals surface area contributed by atoms with Crippen molar-refractivity contribution >= 4 is 5.97 Å². The number of hydrogen-bond acceptors (Lipinski definition) is 4. The number of aromatic nitrogens is 1. The summed E-state index contributed by atoms with van der Waals surface area (Å²) < 4.78 is 4.83. The zero-order chi connectivity index (χ0) is 13.1. The Bertz CT molecular complexity index is 445. The standard InChI is InChI=1S/C14H20N2O2/c1-9-6-10(2)12(16-8-9)7-11-4-5-15-13(11)14(17)18-3/h6,8,11,13,15H,4-5,7H2,1-3H3/t11-,13+/m1/s1. The summed E-state index contributed by atoms with van der Waals surface area (Å²) >= 11 is 0. The predicted molar refractivity (Wildman–Crippen MR) is 69.3 cm³/mol. The second-order valence-electron chi connectivity index (χ2n) is 4.98. The molecule has 2 heterocycles. The summed E-state index contributed by atoms with van der Waals surface area (Å²) in [7, 11) is 1.44. The van der Waals surface area contributed by atoms with E-state index in [0.29, 0.717) is 0 Å². The number of rotatable bonds is 3. The van der Waals surface area contributed by atoms with Crippen molar-refractivity contribution in [2.45, 2.75) is 32.7 Å². The maximum atomic E-state index is 11.6. The van der Waals surface area contributed by atoms with Crippen LogP contribution in [0.4, 0.5) is 0 Å². The van der Waals surface area contributed by atoms with Crippen LogP contribution in [0.15, 0.2) is 12.3 Å². The fraction of sp³-hybridized carbons (Fsp3) is 0.571. The summed E-state index contributed by atoms with van der Waals surface area (Å²) in [5.74, 6) is 0.119. The van der Waals surface area contributed by atoms with E-state index in [4.69, 9.17) is 4.74 Å². The Morgan fingerprint density at radius 3 is 3.00 bits per heavy atom. The Kier molecular flexibility index (Phi) is 3.97. The highest BCUT2D eigenvalue weighted by molar-refractivity contribution is 5.76. The lowest BCUT2D eigenvalue weighted by atomic mass is 9.93. The molecule has 1 aromatic heterocycles. The Balaban J connectivity index is 2.10. The first kappa shape index (κ1) is 13.0. The van der Waals surface area contributed by atoms with E-state index in [0.717, 1.165) is 25.1 Å². The number of ether oxygens (including phenoxy) is 1. The van der Waals surface area contributed by atoms with Crippen LogP contribution < -0.4 is 5.32 Å². The van der Waals surface area contributed by atoms with Gasteiger partial charge in [0.2, 0.25) is 0 Å². The number of carbonyl (C=O) groups is 1. The second-order valence-corrected chi connectivity index (χ2v) is 4.98. The molecule has 0 spiro atoms. The molecule has 18 heavy (non-hydrogen) atoms. The van der Waals surface area contributed by atoms with Crippen LogP contribution in [-0.2, 0) is 16.0 Å². The number of nitrogens with one attached hydrogen (secondary N) is 1. The molecule has 4 heteroatoms. The van der Waals surface area contributed by atoms with E-state index in [1.165, 1.54) is 18.2 Å². The van der Waals surface area contributed by atoms with Crippen molar-refractivity contribution in [3.8, 4) is 0 Å². The molecule has 1 N–H and O–H groups in total. The molecule has 0 unspecified atom stereocenters. The Labute approximate surface area is 108 Å². The summed E-state index contributed by atoms with van der Waals surface area (Å²) in [4.78, 5) is 16.1. The van der Waals surface area contributed by atoms with Crippen LogP contribution in [0.3, 0.4) is 0 Å². The monoisotopic (exact) mass is 248 g/mol. The van der Waals surface area contributed by atoms with Gasteiger partial charge in [-0.05, 0) is 50.3 Å². The Hall–Kier alpha value is -1.42. The van der Waals surface area contributed by atoms with Crippen LogP contribution >= 0.6 is 0 Å². The lowest BCUT2D eigenvalue weighted by molar-refractivity contribution is -0.143. The average Bonchev–Trinajstić information content (AvgIpc) is 2.80. The van der Waals surface area contributed by atoms with Gasteiger partial charge < -0.3 is 10.1 Å². The third-order valence-corrected chi connectivity index (χ3v) is 3.58. The number of methoxy groups -OCH3 is 1. The average molecular weight is 248 g/mol. The fourth-order valence-corrected chi connectivity index (χ4v) is 2.59. The van der Waals surface area contributed by atoms with Crippen LogP contribution in [0, 0.1) is 19.8 Å². The van der Waals surface area contributed by atoms with Gasteiger partial charge in [0, 0.05) is 11.9 Å². The van der Waals surface area contributed by atoms with Gasteiger partial charge >= 0.3 is 5.97 Å². The second kappa shape index (κ2) is 5.48. The van der Waals surface area contributed by atoms with Gasteiger partial charge in [-0.2, -0.15) is 0 Å². The van der Waals surface area contributed by atoms with Crippen molar-refractivity contribution in [3.63, 3.8) is 0 Å². The maximum Gasteiger partial charge on any atom is 0.323 e. The van der Waals surface area contributed by atoms with E-state index in [1.54, 1.807) is 0 Å². The van der Waals surface area contributed by atoms with Crippen molar-refractivity contribution in [1.29, 1.82) is 0 Å². The lowest BCUT2D eigenvalue weighted by Crippen LogP contribution is -2.37. The molecule has 0 radical (unpaired) electrons. The third kappa shape index (κ3) is 2.70. The first-order valence-electron chi connectivity index (χ1n) is 6.35. The third-order valence-electron chi connectivity index (χ3n) is 3.58. The quantitative estimate of drug-likeness (QED) is 0.821. The van der Waals surface area contributed by atoms with Gasteiger partial charge in [0.25, 0.3) is 0 Å². The molecule has 0 amide bonds. The molecule has 1 fully saturated rings. The minimum Gasteiger partial charge on any atom is -0.468 e. The Morgan fingerprint density at radius 2 is 2.33 bits per heavy atom. The first-order valence-corrected chi connectivity index (χ1v) is 6.35. The van der Waals surface area contributed by atoms with Crippen molar-refractivity contribution < 1.29 is 9.53 Å². The lowest BCUT2D eigenvalue weighted by Gasteiger charge is -2.17. The number of aryl methyl sites for hydroxylation is 2. The fourth-order valence-electron chi connectivity index (χ4n) is 2.59. The zero-order valence-corrected chi connectivity index (χ0v) is 11.2. The van der Waals surface area contributed by atoms with Gasteiger partial charge in [0.1, 0.15) is 6.04 Å². The summed E-state index contributed by atoms with van der Waals surface area (Å²) in [6.45, 7) is 4.98. The summed E-state index contributed by atoms with van der Waals surface area (Å²) in [5.41, 5.74) is 3.46. The van der Waals surface area contributed by atoms with Crippen molar-refractivity contribution in [2.75, 3.05) is 13.7 Å². The minimum absolute atomic E-state index is 0.165. The Morgan fingerprint density at radius 1 is 1.56 bits per heavy atom. The molecule has 0 aromatic carbocycles. The smallest absolute Gasteiger partial charge is 0.323 e. The van der Waals surface area contributed by atoms with E-state index in [2.05, 4.69) is 23.3 Å². The maximum absolute atomic E-state index is 11.6. The topological polar surface area (TPSA) is 51.2 Å². The van der Waals surface area contributed by atoms with Crippen LogP contribution in [0.1, 0.15) is 23.2 Å². The van der Waals surface area contributed by atoms with E-state index in [9.17, 15) is 4.79 Å². The molecule has 1 aliphatic heterocycles. The molecule has 1 aliphatic rings. The highest BCUT2D eigenvalue weighted by Crippen LogP contribution is 2.22. The van der Waals surface area contributed by atoms with E-state index < -0.39 is 0 Å². The number of hydrogen-bond donors (Lipinski definition) is 1. The van der Waals surface area contributed by atoms with Crippen molar-refractivity contribution in [2.24, 2.45) is 5.92 Å². The number of esters is 1. The van der Waals surface area contributed by atoms with Gasteiger partial charge in [-0.3, -0.25) is 9.78 Å². The van der Waals surface area contributed by atoms with E-state index in [1.807, 2.05) is 13.1 Å². The minimum atomic E-state index is -0.183. The predicted octanol–water partition coefficient (Wildman–Crippen LogP) is 1.39. The van der Waals surface area contributed by atoms with Gasteiger partial charge in [-0.1, -0.05) is 6.07 Å². The number of pyridine rings is 1. The molecule has 0 saturated carbocycles. The van der Waals surface area contributed by atoms with Crippen molar-refractivity contribution in [3.05, 3.63) is 29.1 Å². The van der Waals surface area contributed by atoms with Crippen LogP contribution in [0.2, 0.25) is 0 Å². The molecule has 1 aromatic rings. The highest BCUT2D eigenvalue weighted by atomic mass is 16.5. The SMILES string of the molecule is COC(=O)[C@H]1NCC[C@@H]1Cc1ncc(C)cc1C. The molecule has 98 valence electrons. The zero-order valence-electron chi connectivity index (χ0n) is 11.2. The molecule has 1 saturated heterocycles. The number of nitrogens with zero attached hydrogens (tertiary/aromatic N) is 1. The van der Waals surface area contributed by atoms with Crippen LogP contribution in [0.25, 0.3) is 0 Å². The number of carbonyl (C=O) groups excluding carboxylic acids is 1. The van der Waals surface area contributed by atoms with E-state index in [-0.39, 0.29) is 17.9 Å². The molecule has 0 bridgehead atoms. The summed E-state index contributed by atoms with van der Waals surface area (Å²) in [5, 5.41) is 3.21. The largest absolute Gasteiger partial charge is 0.468 e. The van der Waals surface area contributed by atoms with E-state index >= 15 is 0 Å². The highest BCUT2D eigenvalue weighted by Gasteiger charge is 2.33. The molecular formula is C14H20N2O2. The van der Waals surface area contributed by atoms with Crippen LogP contribution in [-0.4, -0.2) is 30.6 Å². The van der Waals surface area contributed by atoms with Gasteiger partial charge in [0.05, 0.1) is 7.11 Å². The normalized spacial score (nSPS) is 23.1. The summed E-state index contributed by atoms with van der Waals surface area (Å²) in [6, 6.07) is 1.95. The van der Waals surface area contributed by atoms with Gasteiger partial charge in [0.15, 0.2) is 0 Å². The molecule has 2 atom stereocenters. The molecular weight excluding hydrogens is 228 g/mol. The van der Waals surface area contributed by atoms with Crippen LogP contribution in [0.5, 0.6) is 0 Å². The van der Waals surface area contributed by atoms with Gasteiger partial charge in [-0.25, -0.2) is 0 Å². The molecule has 2 rings (SSSR count). The summed E-state index contributed by atoms with van der Waals surface area (Å²) in [6.07, 6.45) is 3.71. The molecule has 0 aliphatic carbocycles. The molecule has 4 nitrogen and oxygen atoms in total. The van der Waals surface area contributed by atoms with Gasteiger partial charge in [-0.15, -0.1) is 0 Å².